The van der Waals surface area contributed by atoms with Crippen molar-refractivity contribution in [3.63, 3.8) is 0 Å². The third-order valence-corrected chi connectivity index (χ3v) is 6.23. The van der Waals surface area contributed by atoms with Gasteiger partial charge in [-0.2, -0.15) is 0 Å². The molecule has 19 heavy (non-hydrogen) atoms. The molecule has 2 saturated carbocycles. The molecule has 1 nitrogen and oxygen atoms in total. The smallest absolute Gasteiger partial charge is 0.123 e. The first-order chi connectivity index (χ1) is 9.22. The number of fused-ring (bicyclic) bond motifs is 1. The molecule has 0 bridgehead atoms. The summed E-state index contributed by atoms with van der Waals surface area (Å²) in [5.41, 5.74) is 1.32. The van der Waals surface area contributed by atoms with Crippen molar-refractivity contribution >= 4 is 31.9 Å². The van der Waals surface area contributed by atoms with Gasteiger partial charge in [-0.25, -0.2) is 0 Å². The van der Waals surface area contributed by atoms with E-state index in [0.717, 1.165) is 34.6 Å². The largest absolute Gasteiger partial charge is 0.494 e. The Kier molecular flexibility index (Phi) is 4.23. The Morgan fingerprint density at radius 2 is 1.95 bits per heavy atom. The molecule has 0 amide bonds. The second-order valence-electron chi connectivity index (χ2n) is 5.71. The summed E-state index contributed by atoms with van der Waals surface area (Å²) >= 11 is 7.54. The fourth-order valence-electron chi connectivity index (χ4n) is 3.71. The minimum absolute atomic E-state index is 0.444. The van der Waals surface area contributed by atoms with Gasteiger partial charge in [-0.05, 0) is 55.7 Å². The minimum Gasteiger partial charge on any atom is -0.494 e. The highest BCUT2D eigenvalue weighted by atomic mass is 79.9. The Hall–Kier alpha value is -0.0200. The van der Waals surface area contributed by atoms with Crippen LogP contribution in [-0.2, 0) is 0 Å². The summed E-state index contributed by atoms with van der Waals surface area (Å²) in [7, 11) is 0. The number of hydrogen-bond donors (Lipinski definition) is 0. The Morgan fingerprint density at radius 3 is 2.58 bits per heavy atom. The van der Waals surface area contributed by atoms with E-state index in [4.69, 9.17) is 4.74 Å². The minimum atomic E-state index is 0.444. The lowest BCUT2D eigenvalue weighted by molar-refractivity contribution is 0.335. The number of benzene rings is 1. The van der Waals surface area contributed by atoms with Gasteiger partial charge in [0.1, 0.15) is 5.75 Å². The summed E-state index contributed by atoms with van der Waals surface area (Å²) in [5, 5.41) is 0. The predicted molar refractivity (Wildman–Crippen MR) is 85.9 cm³/mol. The average Bonchev–Trinajstić information content (AvgIpc) is 3.14. The molecular weight excluding hydrogens is 368 g/mol. The highest BCUT2D eigenvalue weighted by Gasteiger charge is 2.54. The van der Waals surface area contributed by atoms with E-state index in [1.807, 2.05) is 6.92 Å². The van der Waals surface area contributed by atoms with Crippen LogP contribution in [0.4, 0.5) is 0 Å². The normalized spacial score (nSPS) is 30.6. The molecule has 0 N–H and O–H groups in total. The molecule has 1 aromatic rings. The first-order valence-corrected chi connectivity index (χ1v) is 8.99. The van der Waals surface area contributed by atoms with Crippen molar-refractivity contribution in [3.8, 4) is 5.75 Å². The lowest BCUT2D eigenvalue weighted by atomic mass is 10.0. The summed E-state index contributed by atoms with van der Waals surface area (Å²) < 4.78 is 6.93. The van der Waals surface area contributed by atoms with Crippen LogP contribution >= 0.6 is 31.9 Å². The summed E-state index contributed by atoms with van der Waals surface area (Å²) in [6.45, 7) is 2.78. The summed E-state index contributed by atoms with van der Waals surface area (Å²) in [5.74, 6) is 3.75. The molecule has 3 rings (SSSR count). The van der Waals surface area contributed by atoms with Gasteiger partial charge in [-0.1, -0.05) is 44.7 Å². The molecule has 0 heterocycles. The standard InChI is InChI=1S/C16H20Br2O/c1-2-19-14-8-7-10(17)9-13(14)16(18)15-11-5-3-4-6-12(11)15/h7-9,11-12,15-16H,2-6H2,1H3. The number of halogens is 2. The van der Waals surface area contributed by atoms with Crippen molar-refractivity contribution in [2.45, 2.75) is 37.4 Å². The molecule has 3 atom stereocenters. The van der Waals surface area contributed by atoms with Crippen molar-refractivity contribution < 1.29 is 4.74 Å². The van der Waals surface area contributed by atoms with E-state index in [1.165, 1.54) is 31.2 Å². The second-order valence-corrected chi connectivity index (χ2v) is 7.61. The van der Waals surface area contributed by atoms with Crippen LogP contribution in [0.2, 0.25) is 0 Å². The van der Waals surface area contributed by atoms with Gasteiger partial charge in [0.25, 0.3) is 0 Å². The lowest BCUT2D eigenvalue weighted by Crippen LogP contribution is -2.01. The van der Waals surface area contributed by atoms with Gasteiger partial charge in [0.2, 0.25) is 0 Å². The second kappa shape index (κ2) is 5.77. The SMILES string of the molecule is CCOc1ccc(Br)cc1C(Br)C1C2CCCCC21. The predicted octanol–water partition coefficient (Wildman–Crippen LogP) is 5.72. The van der Waals surface area contributed by atoms with Crippen LogP contribution in [-0.4, -0.2) is 6.61 Å². The average molecular weight is 388 g/mol. The van der Waals surface area contributed by atoms with Crippen LogP contribution in [0.25, 0.3) is 0 Å². The fourth-order valence-corrected chi connectivity index (χ4v) is 5.23. The van der Waals surface area contributed by atoms with Crippen LogP contribution in [0.3, 0.4) is 0 Å². The molecule has 2 fully saturated rings. The molecule has 2 aliphatic carbocycles. The van der Waals surface area contributed by atoms with Crippen molar-refractivity contribution in [1.82, 2.24) is 0 Å². The Balaban J connectivity index is 1.82. The summed E-state index contributed by atoms with van der Waals surface area (Å²) in [4.78, 5) is 0.444. The Bertz CT molecular complexity index is 448. The van der Waals surface area contributed by atoms with Crippen LogP contribution in [0.1, 0.15) is 43.0 Å². The monoisotopic (exact) mass is 386 g/mol. The van der Waals surface area contributed by atoms with Gasteiger partial charge >= 0.3 is 0 Å². The fraction of sp³-hybridized carbons (Fsp3) is 0.625. The maximum absolute atomic E-state index is 5.79. The zero-order chi connectivity index (χ0) is 13.4. The van der Waals surface area contributed by atoms with E-state index < -0.39 is 0 Å². The number of hydrogen-bond acceptors (Lipinski definition) is 1. The van der Waals surface area contributed by atoms with Crippen molar-refractivity contribution in [1.29, 1.82) is 0 Å². The molecule has 0 spiro atoms. The van der Waals surface area contributed by atoms with Crippen molar-refractivity contribution in [2.24, 2.45) is 17.8 Å². The highest BCUT2D eigenvalue weighted by molar-refractivity contribution is 9.10. The van der Waals surface area contributed by atoms with E-state index in [1.54, 1.807) is 0 Å². The molecule has 1 aromatic carbocycles. The van der Waals surface area contributed by atoms with Gasteiger partial charge in [0.15, 0.2) is 0 Å². The zero-order valence-corrected chi connectivity index (χ0v) is 14.4. The van der Waals surface area contributed by atoms with Crippen LogP contribution < -0.4 is 4.74 Å². The van der Waals surface area contributed by atoms with Gasteiger partial charge in [0, 0.05) is 14.9 Å². The maximum atomic E-state index is 5.79. The van der Waals surface area contributed by atoms with E-state index in [2.05, 4.69) is 50.1 Å². The molecule has 104 valence electrons. The molecule has 2 aliphatic rings. The molecular formula is C16H20Br2O. The van der Waals surface area contributed by atoms with Gasteiger partial charge < -0.3 is 4.74 Å². The first kappa shape index (κ1) is 13.9. The Morgan fingerprint density at radius 1 is 1.26 bits per heavy atom. The van der Waals surface area contributed by atoms with Crippen molar-refractivity contribution in [2.75, 3.05) is 6.61 Å². The highest BCUT2D eigenvalue weighted by Crippen LogP contribution is 2.63. The Labute approximate surface area is 132 Å². The third-order valence-electron chi connectivity index (χ3n) is 4.63. The van der Waals surface area contributed by atoms with E-state index in [-0.39, 0.29) is 0 Å². The molecule has 3 unspecified atom stereocenters. The quantitative estimate of drug-likeness (QED) is 0.600. The molecule has 3 heteroatoms. The van der Waals surface area contributed by atoms with Crippen LogP contribution in [0.5, 0.6) is 5.75 Å². The topological polar surface area (TPSA) is 9.23 Å². The number of ether oxygens (including phenoxy) is 1. The summed E-state index contributed by atoms with van der Waals surface area (Å²) in [6, 6.07) is 6.37. The lowest BCUT2D eigenvalue weighted by Gasteiger charge is -2.16. The van der Waals surface area contributed by atoms with Crippen LogP contribution in [0.15, 0.2) is 22.7 Å². The van der Waals surface area contributed by atoms with E-state index in [0.29, 0.717) is 4.83 Å². The number of rotatable bonds is 4. The van der Waals surface area contributed by atoms with E-state index in [9.17, 15) is 0 Å². The molecule has 0 aliphatic heterocycles. The van der Waals surface area contributed by atoms with Gasteiger partial charge in [-0.3, -0.25) is 0 Å². The third kappa shape index (κ3) is 2.73. The summed E-state index contributed by atoms with van der Waals surface area (Å²) in [6.07, 6.45) is 5.70. The van der Waals surface area contributed by atoms with Gasteiger partial charge in [-0.15, -0.1) is 0 Å². The first-order valence-electron chi connectivity index (χ1n) is 7.28. The van der Waals surface area contributed by atoms with Gasteiger partial charge in [0.05, 0.1) is 6.61 Å². The van der Waals surface area contributed by atoms with Crippen LogP contribution in [0, 0.1) is 17.8 Å². The van der Waals surface area contributed by atoms with E-state index >= 15 is 0 Å². The number of alkyl halides is 1. The molecule has 0 radical (unpaired) electrons. The van der Waals surface area contributed by atoms with Crippen molar-refractivity contribution in [3.05, 3.63) is 28.2 Å². The molecule has 0 aromatic heterocycles. The zero-order valence-electron chi connectivity index (χ0n) is 11.2. The maximum Gasteiger partial charge on any atom is 0.123 e. The molecule has 0 saturated heterocycles.